The lowest BCUT2D eigenvalue weighted by Gasteiger charge is -2.30. The molecular weight excluding hydrogens is 368 g/mol. The molecule has 0 aliphatic rings. The van der Waals surface area contributed by atoms with Crippen LogP contribution in [0, 0.1) is 0 Å². The molecule has 28 heavy (non-hydrogen) atoms. The number of hydrogen-bond donors (Lipinski definition) is 6. The van der Waals surface area contributed by atoms with Crippen LogP contribution in [0.2, 0.25) is 0 Å². The van der Waals surface area contributed by atoms with Gasteiger partial charge in [-0.3, -0.25) is 9.59 Å². The molecule has 0 spiro atoms. The zero-order chi connectivity index (χ0) is 21.4. The van der Waals surface area contributed by atoms with Gasteiger partial charge in [-0.25, -0.2) is 0 Å². The standard InChI is InChI=1S/C18H38N4O6/c19-9-5-1-3-7-11-27-15(13(23)14(24)17(21)25)16(18(22)26)28-12-8-4-2-6-10-20/h13-16,23-24H,1-12,19-20H2,(H2,21,25)(H2,22,26)/t13-,14+,15+,16-/m1/s1. The molecule has 2 amide bonds. The van der Waals surface area contributed by atoms with E-state index in [9.17, 15) is 19.8 Å². The van der Waals surface area contributed by atoms with Gasteiger partial charge < -0.3 is 42.6 Å². The number of aliphatic hydroxyl groups is 2. The minimum atomic E-state index is -1.91. The largest absolute Gasteiger partial charge is 0.387 e. The molecule has 0 saturated heterocycles. The van der Waals surface area contributed by atoms with E-state index in [0.717, 1.165) is 38.5 Å². The number of hydrogen-bond acceptors (Lipinski definition) is 8. The van der Waals surface area contributed by atoms with Crippen molar-refractivity contribution in [2.75, 3.05) is 26.3 Å². The van der Waals surface area contributed by atoms with Crippen LogP contribution in [0.5, 0.6) is 0 Å². The fourth-order valence-corrected chi connectivity index (χ4v) is 2.68. The van der Waals surface area contributed by atoms with Crippen LogP contribution in [-0.2, 0) is 19.1 Å². The summed E-state index contributed by atoms with van der Waals surface area (Å²) in [5.74, 6) is -1.99. The number of carbonyl (C=O) groups excluding carboxylic acids is 2. The van der Waals surface area contributed by atoms with Crippen molar-refractivity contribution >= 4 is 11.8 Å². The molecule has 0 aromatic rings. The van der Waals surface area contributed by atoms with Crippen molar-refractivity contribution in [3.8, 4) is 0 Å². The Labute approximate surface area is 166 Å². The second-order valence-electron chi connectivity index (χ2n) is 6.77. The van der Waals surface area contributed by atoms with Gasteiger partial charge in [-0.1, -0.05) is 25.7 Å². The van der Waals surface area contributed by atoms with Gasteiger partial charge in [-0.05, 0) is 38.8 Å². The minimum Gasteiger partial charge on any atom is -0.387 e. The van der Waals surface area contributed by atoms with Crippen LogP contribution in [0.25, 0.3) is 0 Å². The number of primary amides is 2. The summed E-state index contributed by atoms with van der Waals surface area (Å²) < 4.78 is 11.1. The van der Waals surface area contributed by atoms with Crippen LogP contribution in [0.15, 0.2) is 0 Å². The van der Waals surface area contributed by atoms with E-state index < -0.39 is 36.2 Å². The van der Waals surface area contributed by atoms with Gasteiger partial charge in [0.1, 0.15) is 12.2 Å². The summed E-state index contributed by atoms with van der Waals surface area (Å²) in [6.45, 7) is 1.63. The van der Waals surface area contributed by atoms with E-state index in [0.29, 0.717) is 25.9 Å². The molecule has 10 N–H and O–H groups in total. The minimum absolute atomic E-state index is 0.196. The quantitative estimate of drug-likeness (QED) is 0.139. The summed E-state index contributed by atoms with van der Waals surface area (Å²) in [4.78, 5) is 23.1. The SMILES string of the molecule is NCCCCCCO[C@@H]([C@H](O)[C@H](O)C(N)=O)[C@@H](OCCCCCCN)C(N)=O. The van der Waals surface area contributed by atoms with Crippen LogP contribution in [-0.4, -0.2) is 72.7 Å². The van der Waals surface area contributed by atoms with Gasteiger partial charge in [0, 0.05) is 13.2 Å². The molecule has 0 radical (unpaired) electrons. The number of amides is 2. The molecule has 0 bridgehead atoms. The van der Waals surface area contributed by atoms with Gasteiger partial charge in [0.2, 0.25) is 11.8 Å². The van der Waals surface area contributed by atoms with Gasteiger partial charge >= 0.3 is 0 Å². The highest BCUT2D eigenvalue weighted by Crippen LogP contribution is 2.15. The first kappa shape index (κ1) is 26.7. The van der Waals surface area contributed by atoms with Crippen LogP contribution in [0.1, 0.15) is 51.4 Å². The topological polar surface area (TPSA) is 197 Å². The first-order valence-electron chi connectivity index (χ1n) is 9.94. The highest BCUT2D eigenvalue weighted by atomic mass is 16.6. The Hall–Kier alpha value is -1.30. The molecule has 0 aliphatic carbocycles. The summed E-state index contributed by atoms with van der Waals surface area (Å²) in [5.41, 5.74) is 21.3. The lowest BCUT2D eigenvalue weighted by molar-refractivity contribution is -0.169. The molecule has 0 saturated carbocycles. The van der Waals surface area contributed by atoms with Crippen molar-refractivity contribution in [3.63, 3.8) is 0 Å². The Kier molecular flexibility index (Phi) is 15.9. The van der Waals surface area contributed by atoms with E-state index in [1.165, 1.54) is 0 Å². The maximum Gasteiger partial charge on any atom is 0.249 e. The van der Waals surface area contributed by atoms with Crippen molar-refractivity contribution < 1.29 is 29.3 Å². The zero-order valence-corrected chi connectivity index (χ0v) is 16.6. The highest BCUT2D eigenvalue weighted by Gasteiger charge is 2.39. The van der Waals surface area contributed by atoms with Crippen LogP contribution in [0.3, 0.4) is 0 Å². The van der Waals surface area contributed by atoms with Crippen molar-refractivity contribution in [3.05, 3.63) is 0 Å². The number of carbonyl (C=O) groups is 2. The fraction of sp³-hybridized carbons (Fsp3) is 0.889. The van der Waals surface area contributed by atoms with Gasteiger partial charge in [0.05, 0.1) is 0 Å². The third-order valence-corrected chi connectivity index (χ3v) is 4.34. The molecule has 0 rings (SSSR count). The molecule has 0 aliphatic heterocycles. The molecule has 0 aromatic carbocycles. The van der Waals surface area contributed by atoms with Crippen molar-refractivity contribution in [1.82, 2.24) is 0 Å². The normalized spacial score (nSPS) is 15.7. The van der Waals surface area contributed by atoms with Gasteiger partial charge in [0.15, 0.2) is 12.2 Å². The number of unbranched alkanes of at least 4 members (excludes halogenated alkanes) is 6. The number of ether oxygens (including phenoxy) is 2. The van der Waals surface area contributed by atoms with Crippen molar-refractivity contribution in [1.29, 1.82) is 0 Å². The molecule has 166 valence electrons. The summed E-state index contributed by atoms with van der Waals surface area (Å²) in [6, 6.07) is 0. The molecule has 10 heteroatoms. The molecule has 0 heterocycles. The van der Waals surface area contributed by atoms with Gasteiger partial charge in [-0.15, -0.1) is 0 Å². The zero-order valence-electron chi connectivity index (χ0n) is 16.6. The molecule has 0 unspecified atom stereocenters. The molecule has 0 aromatic heterocycles. The van der Waals surface area contributed by atoms with Gasteiger partial charge in [0.25, 0.3) is 0 Å². The Morgan fingerprint density at radius 3 is 1.61 bits per heavy atom. The Morgan fingerprint density at radius 1 is 0.714 bits per heavy atom. The van der Waals surface area contributed by atoms with Crippen LogP contribution in [0.4, 0.5) is 0 Å². The molecule has 10 nitrogen and oxygen atoms in total. The maximum absolute atomic E-state index is 11.9. The second-order valence-corrected chi connectivity index (χ2v) is 6.77. The molecule has 4 atom stereocenters. The van der Waals surface area contributed by atoms with E-state index in [-0.39, 0.29) is 13.2 Å². The van der Waals surface area contributed by atoms with E-state index in [1.807, 2.05) is 0 Å². The number of aliphatic hydroxyl groups excluding tert-OH is 2. The molecular formula is C18H38N4O6. The van der Waals surface area contributed by atoms with E-state index in [2.05, 4.69) is 0 Å². The Morgan fingerprint density at radius 2 is 1.18 bits per heavy atom. The van der Waals surface area contributed by atoms with Crippen LogP contribution >= 0.6 is 0 Å². The third kappa shape index (κ3) is 11.5. The molecule has 0 fully saturated rings. The average molecular weight is 407 g/mol. The number of nitrogens with two attached hydrogens (primary N) is 4. The fourth-order valence-electron chi connectivity index (χ4n) is 2.68. The first-order valence-corrected chi connectivity index (χ1v) is 9.94. The summed E-state index contributed by atoms with van der Waals surface area (Å²) in [6.07, 6.45) is 0.424. The highest BCUT2D eigenvalue weighted by molar-refractivity contribution is 5.81. The summed E-state index contributed by atoms with van der Waals surface area (Å²) in [7, 11) is 0. The predicted octanol–water partition coefficient (Wildman–Crippen LogP) is -1.51. The van der Waals surface area contributed by atoms with Crippen molar-refractivity contribution in [2.24, 2.45) is 22.9 Å². The van der Waals surface area contributed by atoms with Crippen molar-refractivity contribution in [2.45, 2.75) is 75.8 Å². The van der Waals surface area contributed by atoms with E-state index in [1.54, 1.807) is 0 Å². The average Bonchev–Trinajstić information content (AvgIpc) is 2.66. The van der Waals surface area contributed by atoms with Crippen LogP contribution < -0.4 is 22.9 Å². The Bertz CT molecular complexity index is 427. The monoisotopic (exact) mass is 406 g/mol. The lowest BCUT2D eigenvalue weighted by Crippen LogP contribution is -2.55. The maximum atomic E-state index is 11.9. The summed E-state index contributed by atoms with van der Waals surface area (Å²) in [5, 5.41) is 20.1. The lowest BCUT2D eigenvalue weighted by atomic mass is 10.0. The Balaban J connectivity index is 4.82. The van der Waals surface area contributed by atoms with E-state index >= 15 is 0 Å². The predicted molar refractivity (Wildman–Crippen MR) is 105 cm³/mol. The first-order chi connectivity index (χ1) is 13.4. The third-order valence-electron chi connectivity index (χ3n) is 4.34. The smallest absolute Gasteiger partial charge is 0.249 e. The summed E-state index contributed by atoms with van der Waals surface area (Å²) >= 11 is 0. The number of rotatable bonds is 19. The van der Waals surface area contributed by atoms with E-state index in [4.69, 9.17) is 32.4 Å². The van der Waals surface area contributed by atoms with Gasteiger partial charge in [-0.2, -0.15) is 0 Å². The second kappa shape index (κ2) is 16.6.